The minimum Gasteiger partial charge on any atom is -0.457 e. The highest BCUT2D eigenvalue weighted by molar-refractivity contribution is 9.10. The number of Topliss-reactive ketones (excluding diaryl/α,β-unsaturated/α-hetero) is 1. The molecule has 0 unspecified atom stereocenters. The maximum atomic E-state index is 12.4. The highest BCUT2D eigenvalue weighted by Gasteiger charge is 2.24. The lowest BCUT2D eigenvalue weighted by Crippen LogP contribution is -2.19. The van der Waals surface area contributed by atoms with Crippen molar-refractivity contribution in [2.45, 2.75) is 20.8 Å². The first-order valence-corrected chi connectivity index (χ1v) is 11.2. The van der Waals surface area contributed by atoms with Crippen LogP contribution in [0.25, 0.3) is 17.4 Å². The van der Waals surface area contributed by atoms with Crippen LogP contribution in [0, 0.1) is 13.8 Å². The van der Waals surface area contributed by atoms with Crippen LogP contribution in [0.2, 0.25) is 0 Å². The molecule has 2 heterocycles. The number of hydrogen-bond donors (Lipinski definition) is 1. The Morgan fingerprint density at radius 2 is 1.87 bits per heavy atom. The number of aliphatic imine (C=N–C) groups is 1. The van der Waals surface area contributed by atoms with E-state index in [4.69, 9.17) is 4.42 Å². The molecule has 1 saturated heterocycles. The Labute approximate surface area is 192 Å². The number of hydrogen-bond acceptors (Lipinski definition) is 5. The molecule has 0 bridgehead atoms. The number of thioether (sulfide) groups is 1. The van der Waals surface area contributed by atoms with E-state index >= 15 is 0 Å². The number of carbonyl (C=O) groups is 2. The standard InChI is InChI=1S/C24H19BrN2O3S/c1-13-9-18(10-14(2)22(13)25)26-24-27-23(29)21(31-24)12-19-7-8-20(30-19)17-6-4-5-16(11-17)15(3)28/h4-12H,1-3H3,(H,26,27,29)/b21-12-. The molecule has 0 saturated carbocycles. The smallest absolute Gasteiger partial charge is 0.264 e. The summed E-state index contributed by atoms with van der Waals surface area (Å²) < 4.78 is 6.94. The average Bonchev–Trinajstić information content (AvgIpc) is 3.33. The van der Waals surface area contributed by atoms with Gasteiger partial charge in [-0.25, -0.2) is 4.99 Å². The molecule has 0 aliphatic carbocycles. The van der Waals surface area contributed by atoms with Crippen LogP contribution in [0.5, 0.6) is 0 Å². The SMILES string of the molecule is CC(=O)c1cccc(-c2ccc(/C=C3\SC(=Nc4cc(C)c(Br)c(C)c4)NC3=O)o2)c1. The topological polar surface area (TPSA) is 71.7 Å². The summed E-state index contributed by atoms with van der Waals surface area (Å²) in [6.07, 6.45) is 1.69. The molecule has 0 radical (unpaired) electrons. The van der Waals surface area contributed by atoms with E-state index < -0.39 is 0 Å². The monoisotopic (exact) mass is 494 g/mol. The van der Waals surface area contributed by atoms with E-state index in [9.17, 15) is 9.59 Å². The van der Waals surface area contributed by atoms with Gasteiger partial charge < -0.3 is 9.73 Å². The van der Waals surface area contributed by atoms with Gasteiger partial charge in [0.2, 0.25) is 0 Å². The summed E-state index contributed by atoms with van der Waals surface area (Å²) in [6.45, 7) is 5.54. The highest BCUT2D eigenvalue weighted by atomic mass is 79.9. The van der Waals surface area contributed by atoms with Crippen LogP contribution < -0.4 is 5.32 Å². The molecule has 1 N–H and O–H groups in total. The average molecular weight is 495 g/mol. The predicted octanol–water partition coefficient (Wildman–Crippen LogP) is 6.42. The molecule has 1 fully saturated rings. The lowest BCUT2D eigenvalue weighted by molar-refractivity contribution is -0.115. The first kappa shape index (κ1) is 21.3. The molecule has 156 valence electrons. The Morgan fingerprint density at radius 3 is 2.58 bits per heavy atom. The van der Waals surface area contributed by atoms with Gasteiger partial charge in [-0.1, -0.05) is 34.1 Å². The summed E-state index contributed by atoms with van der Waals surface area (Å²) >= 11 is 4.82. The Bertz CT molecular complexity index is 1250. The maximum Gasteiger partial charge on any atom is 0.264 e. The molecule has 31 heavy (non-hydrogen) atoms. The second kappa shape index (κ2) is 8.69. The predicted molar refractivity (Wildman–Crippen MR) is 129 cm³/mol. The van der Waals surface area contributed by atoms with Gasteiger partial charge in [0.15, 0.2) is 11.0 Å². The van der Waals surface area contributed by atoms with Crippen molar-refractivity contribution in [2.75, 3.05) is 0 Å². The molecule has 1 amide bonds. The van der Waals surface area contributed by atoms with Gasteiger partial charge in [0.05, 0.1) is 10.6 Å². The molecular weight excluding hydrogens is 476 g/mol. The van der Waals surface area contributed by atoms with Crippen LogP contribution in [0.4, 0.5) is 5.69 Å². The molecule has 2 aromatic carbocycles. The van der Waals surface area contributed by atoms with Crippen LogP contribution in [0.3, 0.4) is 0 Å². The van der Waals surface area contributed by atoms with Gasteiger partial charge in [0, 0.05) is 21.7 Å². The molecule has 1 aliphatic rings. The summed E-state index contributed by atoms with van der Waals surface area (Å²) in [7, 11) is 0. The van der Waals surface area contributed by atoms with Gasteiger partial charge in [-0.3, -0.25) is 9.59 Å². The Hall–Kier alpha value is -2.90. The molecule has 5 nitrogen and oxygen atoms in total. The van der Waals surface area contributed by atoms with Gasteiger partial charge in [0.1, 0.15) is 11.5 Å². The van der Waals surface area contributed by atoms with Crippen molar-refractivity contribution in [1.29, 1.82) is 0 Å². The summed E-state index contributed by atoms with van der Waals surface area (Å²) in [5.41, 5.74) is 4.39. The van der Waals surface area contributed by atoms with Crippen LogP contribution in [0.15, 0.2) is 67.3 Å². The summed E-state index contributed by atoms with van der Waals surface area (Å²) in [6, 6.07) is 14.8. The number of amidine groups is 1. The van der Waals surface area contributed by atoms with Gasteiger partial charge in [-0.05, 0) is 74.0 Å². The molecule has 7 heteroatoms. The van der Waals surface area contributed by atoms with Gasteiger partial charge in [-0.2, -0.15) is 0 Å². The van der Waals surface area contributed by atoms with Crippen molar-refractivity contribution in [2.24, 2.45) is 4.99 Å². The number of carbonyl (C=O) groups excluding carboxylic acids is 2. The molecule has 0 atom stereocenters. The third kappa shape index (κ3) is 4.73. The van der Waals surface area contributed by atoms with Crippen LogP contribution in [-0.2, 0) is 4.79 Å². The third-order valence-electron chi connectivity index (χ3n) is 4.76. The largest absolute Gasteiger partial charge is 0.457 e. The van der Waals surface area contributed by atoms with Gasteiger partial charge >= 0.3 is 0 Å². The number of aryl methyl sites for hydroxylation is 2. The number of ketones is 1. The van der Waals surface area contributed by atoms with E-state index in [2.05, 4.69) is 26.2 Å². The van der Waals surface area contributed by atoms with E-state index in [1.807, 2.05) is 44.2 Å². The lowest BCUT2D eigenvalue weighted by atomic mass is 10.1. The Balaban J connectivity index is 1.56. The number of furan rings is 1. The lowest BCUT2D eigenvalue weighted by Gasteiger charge is -2.04. The van der Waals surface area contributed by atoms with Crippen molar-refractivity contribution >= 4 is 56.3 Å². The normalized spacial score (nSPS) is 16.2. The van der Waals surface area contributed by atoms with Crippen molar-refractivity contribution < 1.29 is 14.0 Å². The van der Waals surface area contributed by atoms with E-state index in [-0.39, 0.29) is 11.7 Å². The van der Waals surface area contributed by atoms with Crippen LogP contribution in [-0.4, -0.2) is 16.9 Å². The molecular formula is C24H19BrN2O3S. The summed E-state index contributed by atoms with van der Waals surface area (Å²) in [5.74, 6) is 0.967. The second-order valence-electron chi connectivity index (χ2n) is 7.21. The number of nitrogens with one attached hydrogen (secondary N) is 1. The Kier molecular flexibility index (Phi) is 5.98. The van der Waals surface area contributed by atoms with E-state index in [0.717, 1.165) is 26.9 Å². The van der Waals surface area contributed by atoms with Gasteiger partial charge in [0.25, 0.3) is 5.91 Å². The van der Waals surface area contributed by atoms with Crippen LogP contribution >= 0.6 is 27.7 Å². The molecule has 1 aliphatic heterocycles. The fourth-order valence-corrected chi connectivity index (χ4v) is 4.24. The number of benzene rings is 2. The molecule has 3 aromatic rings. The molecule has 1 aromatic heterocycles. The zero-order chi connectivity index (χ0) is 22.1. The zero-order valence-electron chi connectivity index (χ0n) is 17.2. The fourth-order valence-electron chi connectivity index (χ4n) is 3.19. The number of nitrogens with zero attached hydrogens (tertiary/aromatic N) is 1. The highest BCUT2D eigenvalue weighted by Crippen LogP contribution is 2.32. The second-order valence-corrected chi connectivity index (χ2v) is 9.04. The van der Waals surface area contributed by atoms with E-state index in [1.165, 1.54) is 18.7 Å². The maximum absolute atomic E-state index is 12.4. The molecule has 4 rings (SSSR count). The quantitative estimate of drug-likeness (QED) is 0.335. The summed E-state index contributed by atoms with van der Waals surface area (Å²) in [4.78, 5) is 29.1. The number of halogens is 1. The third-order valence-corrected chi connectivity index (χ3v) is 6.92. The van der Waals surface area contributed by atoms with Crippen molar-refractivity contribution in [1.82, 2.24) is 5.32 Å². The summed E-state index contributed by atoms with van der Waals surface area (Å²) in [5, 5.41) is 3.33. The van der Waals surface area contributed by atoms with Gasteiger partial charge in [-0.15, -0.1) is 0 Å². The van der Waals surface area contributed by atoms with E-state index in [1.54, 1.807) is 24.3 Å². The van der Waals surface area contributed by atoms with E-state index in [0.29, 0.717) is 27.2 Å². The molecule has 0 spiro atoms. The minimum absolute atomic E-state index is 0.00208. The fraction of sp³-hybridized carbons (Fsp3) is 0.125. The van der Waals surface area contributed by atoms with Crippen molar-refractivity contribution in [3.8, 4) is 11.3 Å². The number of rotatable bonds is 4. The zero-order valence-corrected chi connectivity index (χ0v) is 19.6. The first-order valence-electron chi connectivity index (χ1n) is 9.58. The number of amides is 1. The minimum atomic E-state index is -0.217. The van der Waals surface area contributed by atoms with Crippen LogP contribution in [0.1, 0.15) is 34.2 Å². The van der Waals surface area contributed by atoms with Crippen molar-refractivity contribution in [3.05, 3.63) is 80.4 Å². The van der Waals surface area contributed by atoms with Crippen molar-refractivity contribution in [3.63, 3.8) is 0 Å². The Morgan fingerprint density at radius 1 is 1.13 bits per heavy atom. The first-order chi connectivity index (χ1) is 14.8.